The van der Waals surface area contributed by atoms with Crippen molar-refractivity contribution in [2.45, 2.75) is 31.3 Å². The zero-order chi connectivity index (χ0) is 24.9. The minimum atomic E-state index is 0.122. The molecule has 182 valence electrons. The van der Waals surface area contributed by atoms with Crippen LogP contribution in [0.2, 0.25) is 0 Å². The van der Waals surface area contributed by atoms with Gasteiger partial charge in [-0.15, -0.1) is 0 Å². The Bertz CT molecular complexity index is 1280. The van der Waals surface area contributed by atoms with Gasteiger partial charge in [-0.05, 0) is 27.8 Å². The maximum absolute atomic E-state index is 2.71. The van der Waals surface area contributed by atoms with Gasteiger partial charge in [0, 0.05) is 13.1 Å². The van der Waals surface area contributed by atoms with Gasteiger partial charge in [0.2, 0.25) is 0 Å². The number of nitrogens with zero attached hydrogens (tertiary/aromatic N) is 2. The number of hydrogen-bond donors (Lipinski definition) is 0. The lowest BCUT2D eigenvalue weighted by molar-refractivity contribution is 0.102. The average Bonchev–Trinajstić information content (AvgIpc) is 3.28. The van der Waals surface area contributed by atoms with Crippen LogP contribution in [0.25, 0.3) is 0 Å². The Balaban J connectivity index is 1.56. The van der Waals surface area contributed by atoms with Crippen molar-refractivity contribution >= 4 is 0 Å². The van der Waals surface area contributed by atoms with Gasteiger partial charge in [-0.2, -0.15) is 0 Å². The number of hydrogen-bond acceptors (Lipinski definition) is 2. The third-order valence-corrected chi connectivity index (χ3v) is 7.44. The lowest BCUT2D eigenvalue weighted by atomic mass is 9.92. The molecule has 5 aromatic carbocycles. The van der Waals surface area contributed by atoms with Crippen LogP contribution in [0.15, 0.2) is 152 Å². The van der Waals surface area contributed by atoms with E-state index in [1.807, 2.05) is 0 Å². The van der Waals surface area contributed by atoms with E-state index in [0.29, 0.717) is 0 Å². The first-order valence-corrected chi connectivity index (χ1v) is 13.1. The largest absolute Gasteiger partial charge is 0.271 e. The number of benzene rings is 5. The van der Waals surface area contributed by atoms with Gasteiger partial charge in [0.15, 0.2) is 0 Å². The maximum atomic E-state index is 2.71. The minimum Gasteiger partial charge on any atom is -0.271 e. The highest BCUT2D eigenvalue weighted by Gasteiger charge is 2.48. The van der Waals surface area contributed by atoms with Gasteiger partial charge in [-0.1, -0.05) is 152 Å². The van der Waals surface area contributed by atoms with E-state index in [2.05, 4.69) is 161 Å². The third-order valence-electron chi connectivity index (χ3n) is 7.44. The van der Waals surface area contributed by atoms with Crippen molar-refractivity contribution < 1.29 is 0 Å². The molecule has 1 heterocycles. The molecule has 2 heteroatoms. The van der Waals surface area contributed by atoms with Crippen LogP contribution in [-0.2, 0) is 13.1 Å². The van der Waals surface area contributed by atoms with Gasteiger partial charge in [0.1, 0.15) is 0 Å². The molecule has 37 heavy (non-hydrogen) atoms. The molecule has 1 aliphatic heterocycles. The van der Waals surface area contributed by atoms with Crippen molar-refractivity contribution in [3.8, 4) is 0 Å². The van der Waals surface area contributed by atoms with Gasteiger partial charge >= 0.3 is 0 Å². The summed E-state index contributed by atoms with van der Waals surface area (Å²) >= 11 is 0. The minimum absolute atomic E-state index is 0.122. The summed E-state index contributed by atoms with van der Waals surface area (Å²) in [6.07, 6.45) is 0.122. The molecule has 0 radical (unpaired) electrons. The Morgan fingerprint density at radius 2 is 0.649 bits per heavy atom. The van der Waals surface area contributed by atoms with Crippen LogP contribution in [-0.4, -0.2) is 9.80 Å². The Morgan fingerprint density at radius 1 is 0.351 bits per heavy atom. The van der Waals surface area contributed by atoms with Gasteiger partial charge < -0.3 is 0 Å². The second kappa shape index (κ2) is 11.0. The van der Waals surface area contributed by atoms with E-state index < -0.39 is 0 Å². The van der Waals surface area contributed by atoms with Crippen LogP contribution >= 0.6 is 0 Å². The second-order valence-electron chi connectivity index (χ2n) is 9.81. The molecule has 0 N–H and O–H groups in total. The standard InChI is InChI=1S/C35H32N2/c1-6-16-28(17-7-1)26-36-33(30-20-10-3-11-21-30)34(31-22-12-4-13-23-31)37(27-29-18-8-2-9-19-29)35(36)32-24-14-5-15-25-32/h1-25,33-35H,26-27H2. The molecular formula is C35H32N2. The SMILES string of the molecule is c1ccc(CN2C(c3ccccc3)C(c3ccccc3)N(Cc3ccccc3)C2c2ccccc2)cc1. The predicted molar refractivity (Wildman–Crippen MR) is 152 cm³/mol. The summed E-state index contributed by atoms with van der Waals surface area (Å²) in [6.45, 7) is 1.74. The lowest BCUT2D eigenvalue weighted by Gasteiger charge is -2.33. The molecular weight excluding hydrogens is 448 g/mol. The van der Waals surface area contributed by atoms with Gasteiger partial charge in [-0.25, -0.2) is 0 Å². The van der Waals surface area contributed by atoms with Crippen molar-refractivity contribution in [1.82, 2.24) is 9.80 Å². The molecule has 2 nitrogen and oxygen atoms in total. The summed E-state index contributed by atoms with van der Waals surface area (Å²) in [5.41, 5.74) is 6.69. The molecule has 1 saturated heterocycles. The van der Waals surface area contributed by atoms with E-state index in [-0.39, 0.29) is 18.2 Å². The summed E-state index contributed by atoms with van der Waals surface area (Å²) < 4.78 is 0. The summed E-state index contributed by atoms with van der Waals surface area (Å²) in [5.74, 6) is 0. The molecule has 6 rings (SSSR count). The normalized spacial score (nSPS) is 20.2. The molecule has 2 unspecified atom stereocenters. The van der Waals surface area contributed by atoms with Crippen molar-refractivity contribution in [2.24, 2.45) is 0 Å². The molecule has 0 amide bonds. The van der Waals surface area contributed by atoms with Crippen LogP contribution in [0.4, 0.5) is 0 Å². The lowest BCUT2D eigenvalue weighted by Crippen LogP contribution is -2.31. The Kier molecular flexibility index (Phi) is 6.94. The van der Waals surface area contributed by atoms with E-state index in [9.17, 15) is 0 Å². The molecule has 1 aliphatic rings. The fourth-order valence-electron chi connectivity index (χ4n) is 5.87. The Morgan fingerprint density at radius 3 is 1.00 bits per heavy atom. The highest BCUT2D eigenvalue weighted by atomic mass is 15.5. The average molecular weight is 481 g/mol. The molecule has 5 aromatic rings. The molecule has 0 aromatic heterocycles. The van der Waals surface area contributed by atoms with Crippen LogP contribution in [0.1, 0.15) is 46.1 Å². The summed E-state index contributed by atoms with van der Waals surface area (Å²) in [5, 5.41) is 0. The molecule has 0 bridgehead atoms. The molecule has 2 atom stereocenters. The Labute approximate surface area is 220 Å². The first-order chi connectivity index (χ1) is 18.4. The first-order valence-electron chi connectivity index (χ1n) is 13.1. The molecule has 1 fully saturated rings. The molecule has 0 aliphatic carbocycles. The highest BCUT2D eigenvalue weighted by molar-refractivity contribution is 5.34. The second-order valence-corrected chi connectivity index (χ2v) is 9.81. The van der Waals surface area contributed by atoms with Crippen molar-refractivity contribution in [2.75, 3.05) is 0 Å². The van der Waals surface area contributed by atoms with Crippen molar-refractivity contribution in [3.63, 3.8) is 0 Å². The summed E-state index contributed by atoms with van der Waals surface area (Å²) in [7, 11) is 0. The highest BCUT2D eigenvalue weighted by Crippen LogP contribution is 2.53. The van der Waals surface area contributed by atoms with Gasteiger partial charge in [-0.3, -0.25) is 9.80 Å². The van der Waals surface area contributed by atoms with Crippen LogP contribution in [0, 0.1) is 0 Å². The van der Waals surface area contributed by atoms with E-state index in [0.717, 1.165) is 13.1 Å². The number of rotatable bonds is 7. The van der Waals surface area contributed by atoms with Crippen LogP contribution in [0.3, 0.4) is 0 Å². The predicted octanol–water partition coefficient (Wildman–Crippen LogP) is 8.19. The van der Waals surface area contributed by atoms with Gasteiger partial charge in [0.25, 0.3) is 0 Å². The van der Waals surface area contributed by atoms with Crippen LogP contribution < -0.4 is 0 Å². The first kappa shape index (κ1) is 23.4. The zero-order valence-corrected chi connectivity index (χ0v) is 21.0. The van der Waals surface area contributed by atoms with Crippen LogP contribution in [0.5, 0.6) is 0 Å². The zero-order valence-electron chi connectivity index (χ0n) is 21.0. The van der Waals surface area contributed by atoms with E-state index in [1.54, 1.807) is 0 Å². The smallest absolute Gasteiger partial charge is 0.0903 e. The quantitative estimate of drug-likeness (QED) is 0.232. The molecule has 0 saturated carbocycles. The summed E-state index contributed by atoms with van der Waals surface area (Å²) in [6, 6.07) is 55.4. The van der Waals surface area contributed by atoms with E-state index in [1.165, 1.54) is 27.8 Å². The summed E-state index contributed by atoms with van der Waals surface area (Å²) in [4.78, 5) is 5.42. The molecule has 0 spiro atoms. The van der Waals surface area contributed by atoms with Crippen molar-refractivity contribution in [1.29, 1.82) is 0 Å². The maximum Gasteiger partial charge on any atom is 0.0903 e. The Hall–Kier alpha value is -3.98. The van der Waals surface area contributed by atoms with Crippen molar-refractivity contribution in [3.05, 3.63) is 179 Å². The third kappa shape index (κ3) is 4.99. The monoisotopic (exact) mass is 480 g/mol. The van der Waals surface area contributed by atoms with Gasteiger partial charge in [0.05, 0.1) is 18.2 Å². The fourth-order valence-corrected chi connectivity index (χ4v) is 5.87. The fraction of sp³-hybridized carbons (Fsp3) is 0.143. The topological polar surface area (TPSA) is 6.48 Å². The van der Waals surface area contributed by atoms with E-state index in [4.69, 9.17) is 0 Å². The van der Waals surface area contributed by atoms with E-state index >= 15 is 0 Å².